The van der Waals surface area contributed by atoms with Gasteiger partial charge in [0.1, 0.15) is 0 Å². The number of nitrogens with one attached hydrogen (secondary N) is 2. The van der Waals surface area contributed by atoms with Crippen LogP contribution in [0.3, 0.4) is 0 Å². The molecule has 0 atom stereocenters. The van der Waals surface area contributed by atoms with E-state index >= 15 is 0 Å². The maximum Gasteiger partial charge on any atom is 0.217 e. The molecule has 0 saturated heterocycles. The lowest BCUT2D eigenvalue weighted by atomic mass is 10.2. The summed E-state index contributed by atoms with van der Waals surface area (Å²) in [6, 6.07) is 20.4. The van der Waals surface area contributed by atoms with Gasteiger partial charge in [0, 0.05) is 23.4 Å². The van der Waals surface area contributed by atoms with Gasteiger partial charge in [0.25, 0.3) is 0 Å². The van der Waals surface area contributed by atoms with Crippen LogP contribution in [0.25, 0.3) is 10.1 Å². The minimum Gasteiger partial charge on any atom is -0.313 e. The highest BCUT2D eigenvalue weighted by Gasteiger charge is 2.20. The summed E-state index contributed by atoms with van der Waals surface area (Å²) in [5, 5.41) is 10.6. The Kier molecular flexibility index (Phi) is 6.22. The summed E-state index contributed by atoms with van der Waals surface area (Å²) in [5.41, 5.74) is 2.38. The zero-order valence-electron chi connectivity index (χ0n) is 14.6. The van der Waals surface area contributed by atoms with E-state index in [0.717, 1.165) is 16.8 Å². The fourth-order valence-electron chi connectivity index (χ4n) is 2.44. The number of aromatic nitrogens is 2. The number of H-pyrrole nitrogens is 1. The third kappa shape index (κ3) is 5.36. The fraction of sp³-hybridized carbons (Fsp3) is 0.0500. The highest BCUT2D eigenvalue weighted by molar-refractivity contribution is 7.72. The molecule has 4 nitrogen and oxygen atoms in total. The van der Waals surface area contributed by atoms with Crippen LogP contribution >= 0.6 is 30.5 Å². The average molecular weight is 418 g/mol. The Hall–Kier alpha value is -2.26. The van der Waals surface area contributed by atoms with Gasteiger partial charge in [-0.1, -0.05) is 83.9 Å². The summed E-state index contributed by atoms with van der Waals surface area (Å²) in [4.78, 5) is 0. The van der Waals surface area contributed by atoms with Crippen LogP contribution in [0, 0.1) is 6.92 Å². The van der Waals surface area contributed by atoms with Crippen LogP contribution in [-0.2, 0) is 4.57 Å². The van der Waals surface area contributed by atoms with E-state index in [0.29, 0.717) is 15.9 Å². The van der Waals surface area contributed by atoms with Crippen molar-refractivity contribution in [2.24, 2.45) is 0 Å². The van der Waals surface area contributed by atoms with Crippen LogP contribution in [0.5, 0.6) is 0 Å². The number of aromatic amines is 1. The molecule has 3 rings (SSSR count). The van der Waals surface area contributed by atoms with E-state index in [1.54, 1.807) is 6.07 Å². The van der Waals surface area contributed by atoms with Crippen LogP contribution in [0.4, 0.5) is 5.82 Å². The van der Waals surface area contributed by atoms with Crippen molar-refractivity contribution < 1.29 is 4.57 Å². The molecule has 0 aliphatic rings. The highest BCUT2D eigenvalue weighted by atomic mass is 35.5. The molecule has 7 heteroatoms. The normalized spacial score (nSPS) is 12.9. The Labute approximate surface area is 168 Å². The van der Waals surface area contributed by atoms with Crippen molar-refractivity contribution in [2.75, 3.05) is 5.09 Å². The van der Waals surface area contributed by atoms with Gasteiger partial charge < -0.3 is 5.09 Å². The molecule has 1 heterocycles. The molecular weight excluding hydrogens is 400 g/mol. The van der Waals surface area contributed by atoms with Crippen molar-refractivity contribution in [2.45, 2.75) is 6.92 Å². The lowest BCUT2D eigenvalue weighted by Crippen LogP contribution is -1.94. The number of anilines is 1. The van der Waals surface area contributed by atoms with E-state index in [2.05, 4.69) is 15.3 Å². The number of benzene rings is 2. The Morgan fingerprint density at radius 3 is 1.85 bits per heavy atom. The molecule has 2 aromatic carbocycles. The first-order valence-electron chi connectivity index (χ1n) is 8.22. The van der Waals surface area contributed by atoms with Gasteiger partial charge in [-0.3, -0.25) is 9.66 Å². The Morgan fingerprint density at radius 1 is 0.963 bits per heavy atom. The predicted octanol–water partition coefficient (Wildman–Crippen LogP) is 6.88. The van der Waals surface area contributed by atoms with Crippen LogP contribution in [0.1, 0.15) is 16.8 Å². The van der Waals surface area contributed by atoms with Gasteiger partial charge in [-0.25, -0.2) is 0 Å². The quantitative estimate of drug-likeness (QED) is 0.429. The number of rotatable bonds is 6. The Bertz CT molecular complexity index is 954. The van der Waals surface area contributed by atoms with E-state index in [1.165, 1.54) is 11.6 Å². The molecule has 2 N–H and O–H groups in total. The van der Waals surface area contributed by atoms with Crippen molar-refractivity contribution in [3.8, 4) is 0 Å². The maximum absolute atomic E-state index is 13.7. The van der Waals surface area contributed by atoms with Gasteiger partial charge in [0.2, 0.25) is 7.29 Å². The topological polar surface area (TPSA) is 57.8 Å². The zero-order valence-corrected chi connectivity index (χ0v) is 17.0. The lowest BCUT2D eigenvalue weighted by Gasteiger charge is -2.14. The minimum atomic E-state index is -3.29. The average Bonchev–Trinajstić information content (AvgIpc) is 3.07. The van der Waals surface area contributed by atoms with E-state index in [-0.39, 0.29) is 0 Å². The van der Waals surface area contributed by atoms with Crippen molar-refractivity contribution >= 4 is 46.4 Å². The highest BCUT2D eigenvalue weighted by Crippen LogP contribution is 2.53. The molecule has 0 spiro atoms. The second kappa shape index (κ2) is 8.62. The SMILES string of the molecule is Cc1cc(NP(=O)(/C=C(\Cl)c2ccccc2)/C=C(\Cl)c2ccccc2)n[nH]1. The van der Waals surface area contributed by atoms with Crippen LogP contribution in [-0.4, -0.2) is 10.2 Å². The van der Waals surface area contributed by atoms with Gasteiger partial charge in [-0.05, 0) is 18.1 Å². The lowest BCUT2D eigenvalue weighted by molar-refractivity contribution is 0.589. The summed E-state index contributed by atoms with van der Waals surface area (Å²) in [6.45, 7) is 1.86. The molecule has 138 valence electrons. The summed E-state index contributed by atoms with van der Waals surface area (Å²) in [5.74, 6) is 3.46. The van der Waals surface area contributed by atoms with Crippen molar-refractivity contribution in [3.63, 3.8) is 0 Å². The monoisotopic (exact) mass is 417 g/mol. The summed E-state index contributed by atoms with van der Waals surface area (Å²) in [7, 11) is -3.29. The van der Waals surface area contributed by atoms with Crippen LogP contribution in [0.15, 0.2) is 78.4 Å². The molecule has 0 radical (unpaired) electrons. The van der Waals surface area contributed by atoms with Crippen molar-refractivity contribution in [3.05, 3.63) is 95.2 Å². The van der Waals surface area contributed by atoms with Crippen molar-refractivity contribution in [1.29, 1.82) is 0 Å². The molecule has 27 heavy (non-hydrogen) atoms. The molecule has 0 amide bonds. The van der Waals surface area contributed by atoms with Gasteiger partial charge in [0.15, 0.2) is 5.82 Å². The molecule has 0 aliphatic heterocycles. The predicted molar refractivity (Wildman–Crippen MR) is 115 cm³/mol. The summed E-state index contributed by atoms with van der Waals surface area (Å²) in [6.07, 6.45) is 0. The van der Waals surface area contributed by atoms with Crippen LogP contribution < -0.4 is 5.09 Å². The fourth-order valence-corrected chi connectivity index (χ4v) is 5.21. The van der Waals surface area contributed by atoms with Crippen LogP contribution in [0.2, 0.25) is 0 Å². The molecular formula is C20H18Cl2N3OP. The third-order valence-corrected chi connectivity index (χ3v) is 6.53. The molecule has 3 aromatic rings. The number of hydrogen-bond donors (Lipinski definition) is 2. The zero-order chi connectivity index (χ0) is 19.3. The summed E-state index contributed by atoms with van der Waals surface area (Å²) >= 11 is 12.9. The van der Waals surface area contributed by atoms with E-state index in [4.69, 9.17) is 23.2 Å². The van der Waals surface area contributed by atoms with Gasteiger partial charge >= 0.3 is 0 Å². The minimum absolute atomic E-state index is 0.368. The molecule has 0 bridgehead atoms. The second-order valence-corrected chi connectivity index (χ2v) is 8.92. The molecule has 0 fully saturated rings. The van der Waals surface area contributed by atoms with E-state index in [1.807, 2.05) is 67.6 Å². The number of hydrogen-bond acceptors (Lipinski definition) is 2. The first-order chi connectivity index (χ1) is 13.0. The first-order valence-corrected chi connectivity index (χ1v) is 10.8. The smallest absolute Gasteiger partial charge is 0.217 e. The number of halogens is 2. The largest absolute Gasteiger partial charge is 0.313 e. The molecule has 1 aromatic heterocycles. The molecule has 0 unspecified atom stereocenters. The summed E-state index contributed by atoms with van der Waals surface area (Å²) < 4.78 is 13.7. The standard InChI is InChI=1S/C20H18Cl2N3OP/c1-15-12-20(24-23-15)25-27(26,13-18(21)16-8-4-2-5-9-16)14-19(22)17-10-6-3-7-11-17/h2-14H,1H3,(H2,23,24,25,26)/b18-13-,19-14-. The maximum atomic E-state index is 13.7. The molecule has 0 aliphatic carbocycles. The van der Waals surface area contributed by atoms with Gasteiger partial charge in [0.05, 0.1) is 10.1 Å². The van der Waals surface area contributed by atoms with Gasteiger partial charge in [-0.15, -0.1) is 0 Å². The Balaban J connectivity index is 2.02. The molecule has 0 saturated carbocycles. The first kappa shape index (κ1) is 19.5. The number of aryl methyl sites for hydroxylation is 1. The third-order valence-electron chi connectivity index (χ3n) is 3.70. The number of nitrogens with zero attached hydrogens (tertiary/aromatic N) is 1. The van der Waals surface area contributed by atoms with E-state index < -0.39 is 7.29 Å². The van der Waals surface area contributed by atoms with Crippen molar-refractivity contribution in [1.82, 2.24) is 10.2 Å². The second-order valence-electron chi connectivity index (χ2n) is 5.94. The van der Waals surface area contributed by atoms with E-state index in [9.17, 15) is 4.57 Å². The Morgan fingerprint density at radius 2 is 1.44 bits per heavy atom. The van der Waals surface area contributed by atoms with Gasteiger partial charge in [-0.2, -0.15) is 5.10 Å².